The molecule has 0 amide bonds. The first kappa shape index (κ1) is 14.5. The van der Waals surface area contributed by atoms with Crippen molar-refractivity contribution < 1.29 is 24.6 Å². The summed E-state index contributed by atoms with van der Waals surface area (Å²) in [4.78, 5) is 10.5. The highest BCUT2D eigenvalue weighted by Crippen LogP contribution is 2.31. The van der Waals surface area contributed by atoms with E-state index in [0.717, 1.165) is 0 Å². The SMILES string of the molecule is COc1ccc(N[C@@H]2C[C@H](O)[C@@H](CO)O2)c([N+](=O)[O-])c1. The molecule has 1 aromatic rings. The number of aliphatic hydroxyl groups is 2. The molecule has 1 heterocycles. The first-order valence-electron chi connectivity index (χ1n) is 6.08. The molecule has 3 N–H and O–H groups in total. The third-order valence-corrected chi connectivity index (χ3v) is 3.12. The summed E-state index contributed by atoms with van der Waals surface area (Å²) in [5.41, 5.74) is 0.126. The number of anilines is 1. The molecule has 0 aromatic heterocycles. The molecule has 2 rings (SSSR count). The highest BCUT2D eigenvalue weighted by atomic mass is 16.6. The third-order valence-electron chi connectivity index (χ3n) is 3.12. The molecule has 0 spiro atoms. The predicted molar refractivity (Wildman–Crippen MR) is 69.6 cm³/mol. The number of methoxy groups -OCH3 is 1. The molecular formula is C12H16N2O6. The van der Waals surface area contributed by atoms with Gasteiger partial charge in [-0.25, -0.2) is 0 Å². The standard InChI is InChI=1S/C12H16N2O6/c1-19-7-2-3-8(9(4-7)14(17)18)13-12-5-10(16)11(6-15)20-12/h2-4,10-13,15-16H,5-6H2,1H3/t10-,11+,12-/m0/s1. The van der Waals surface area contributed by atoms with Crippen LogP contribution in [-0.4, -0.2) is 47.3 Å². The van der Waals surface area contributed by atoms with E-state index < -0.39 is 23.4 Å². The van der Waals surface area contributed by atoms with Crippen LogP contribution in [0.25, 0.3) is 0 Å². The Morgan fingerprint density at radius 3 is 2.90 bits per heavy atom. The predicted octanol–water partition coefficient (Wildman–Crippen LogP) is 0.483. The second-order valence-corrected chi connectivity index (χ2v) is 4.43. The van der Waals surface area contributed by atoms with Crippen LogP contribution in [0.2, 0.25) is 0 Å². The number of hydrogen-bond acceptors (Lipinski definition) is 7. The minimum Gasteiger partial charge on any atom is -0.496 e. The number of nitro benzene ring substituents is 1. The molecule has 0 saturated carbocycles. The summed E-state index contributed by atoms with van der Waals surface area (Å²) < 4.78 is 10.3. The molecule has 1 aliphatic rings. The van der Waals surface area contributed by atoms with E-state index in [2.05, 4.69) is 5.32 Å². The van der Waals surface area contributed by atoms with Gasteiger partial charge in [-0.3, -0.25) is 10.1 Å². The van der Waals surface area contributed by atoms with Crippen LogP contribution in [0, 0.1) is 10.1 Å². The van der Waals surface area contributed by atoms with Gasteiger partial charge in [-0.1, -0.05) is 0 Å². The summed E-state index contributed by atoms with van der Waals surface area (Å²) in [6.45, 7) is -0.302. The van der Waals surface area contributed by atoms with Gasteiger partial charge in [-0.05, 0) is 12.1 Å². The molecule has 1 aliphatic heterocycles. The van der Waals surface area contributed by atoms with E-state index in [0.29, 0.717) is 5.75 Å². The molecule has 8 heteroatoms. The summed E-state index contributed by atoms with van der Waals surface area (Å²) in [6.07, 6.45) is -1.82. The topological polar surface area (TPSA) is 114 Å². The lowest BCUT2D eigenvalue weighted by atomic mass is 10.2. The normalized spacial score (nSPS) is 25.4. The van der Waals surface area contributed by atoms with Gasteiger partial charge in [0, 0.05) is 6.42 Å². The van der Waals surface area contributed by atoms with Crippen LogP contribution in [0.5, 0.6) is 5.75 Å². The van der Waals surface area contributed by atoms with E-state index in [9.17, 15) is 15.2 Å². The zero-order valence-electron chi connectivity index (χ0n) is 10.9. The van der Waals surface area contributed by atoms with Crippen LogP contribution < -0.4 is 10.1 Å². The van der Waals surface area contributed by atoms with Crippen LogP contribution in [-0.2, 0) is 4.74 Å². The van der Waals surface area contributed by atoms with Crippen LogP contribution in [0.3, 0.4) is 0 Å². The number of nitro groups is 1. The molecular weight excluding hydrogens is 268 g/mol. The Hall–Kier alpha value is -1.90. The van der Waals surface area contributed by atoms with Gasteiger partial charge in [-0.15, -0.1) is 0 Å². The first-order chi connectivity index (χ1) is 9.55. The quantitative estimate of drug-likeness (QED) is 0.532. The molecule has 0 radical (unpaired) electrons. The van der Waals surface area contributed by atoms with Crippen molar-refractivity contribution >= 4 is 11.4 Å². The Morgan fingerprint density at radius 2 is 2.35 bits per heavy atom. The lowest BCUT2D eigenvalue weighted by Gasteiger charge is -2.15. The van der Waals surface area contributed by atoms with Gasteiger partial charge in [0.25, 0.3) is 5.69 Å². The summed E-state index contributed by atoms with van der Waals surface area (Å²) in [7, 11) is 1.43. The maximum atomic E-state index is 11.0. The third kappa shape index (κ3) is 2.98. The number of hydrogen-bond donors (Lipinski definition) is 3. The van der Waals surface area contributed by atoms with Gasteiger partial charge in [0.2, 0.25) is 0 Å². The second kappa shape index (κ2) is 6.04. The molecule has 110 valence electrons. The number of aliphatic hydroxyl groups excluding tert-OH is 2. The van der Waals surface area contributed by atoms with E-state index in [1.807, 2.05) is 0 Å². The van der Waals surface area contributed by atoms with Gasteiger partial charge in [0.1, 0.15) is 23.8 Å². The fraction of sp³-hybridized carbons (Fsp3) is 0.500. The van der Waals surface area contributed by atoms with Crippen molar-refractivity contribution in [3.63, 3.8) is 0 Å². The average molecular weight is 284 g/mol. The van der Waals surface area contributed by atoms with Crippen molar-refractivity contribution in [3.05, 3.63) is 28.3 Å². The van der Waals surface area contributed by atoms with E-state index in [4.69, 9.17) is 14.6 Å². The maximum absolute atomic E-state index is 11.0. The largest absolute Gasteiger partial charge is 0.496 e. The number of ether oxygens (including phenoxy) is 2. The van der Waals surface area contributed by atoms with E-state index in [-0.39, 0.29) is 24.4 Å². The molecule has 0 bridgehead atoms. The lowest BCUT2D eigenvalue weighted by Crippen LogP contribution is -2.25. The number of benzene rings is 1. The monoisotopic (exact) mass is 284 g/mol. The van der Waals surface area contributed by atoms with Crippen LogP contribution >= 0.6 is 0 Å². The Morgan fingerprint density at radius 1 is 1.60 bits per heavy atom. The Balaban J connectivity index is 2.15. The first-order valence-corrected chi connectivity index (χ1v) is 6.08. The van der Waals surface area contributed by atoms with Crippen LogP contribution in [0.15, 0.2) is 18.2 Å². The van der Waals surface area contributed by atoms with Gasteiger partial charge >= 0.3 is 0 Å². The zero-order valence-corrected chi connectivity index (χ0v) is 10.9. The van der Waals surface area contributed by atoms with Crippen molar-refractivity contribution in [2.45, 2.75) is 24.9 Å². The van der Waals surface area contributed by atoms with Crippen LogP contribution in [0.4, 0.5) is 11.4 Å². The second-order valence-electron chi connectivity index (χ2n) is 4.43. The van der Waals surface area contributed by atoms with E-state index >= 15 is 0 Å². The van der Waals surface area contributed by atoms with E-state index in [1.54, 1.807) is 6.07 Å². The van der Waals surface area contributed by atoms with E-state index in [1.165, 1.54) is 19.2 Å². The Kier molecular flexibility index (Phi) is 4.38. The molecule has 0 unspecified atom stereocenters. The molecule has 8 nitrogen and oxygen atoms in total. The van der Waals surface area contributed by atoms with Crippen molar-refractivity contribution in [3.8, 4) is 5.75 Å². The maximum Gasteiger partial charge on any atom is 0.296 e. The summed E-state index contributed by atoms with van der Waals surface area (Å²) in [6, 6.07) is 4.40. The fourth-order valence-corrected chi connectivity index (χ4v) is 2.07. The molecule has 1 saturated heterocycles. The highest BCUT2D eigenvalue weighted by molar-refractivity contribution is 5.64. The van der Waals surface area contributed by atoms with Crippen molar-refractivity contribution in [2.24, 2.45) is 0 Å². The summed E-state index contributed by atoms with van der Waals surface area (Å²) >= 11 is 0. The molecule has 3 atom stereocenters. The number of rotatable bonds is 5. The molecule has 1 fully saturated rings. The Labute approximate surface area is 115 Å². The molecule has 1 aromatic carbocycles. The minimum absolute atomic E-state index is 0.144. The van der Waals surface area contributed by atoms with Gasteiger partial charge < -0.3 is 25.0 Å². The number of nitrogens with zero attached hydrogens (tertiary/aromatic N) is 1. The molecule has 0 aliphatic carbocycles. The van der Waals surface area contributed by atoms with Crippen molar-refractivity contribution in [1.82, 2.24) is 0 Å². The van der Waals surface area contributed by atoms with Gasteiger partial charge in [-0.2, -0.15) is 0 Å². The summed E-state index contributed by atoms with van der Waals surface area (Å²) in [5, 5.41) is 32.5. The molecule has 20 heavy (non-hydrogen) atoms. The lowest BCUT2D eigenvalue weighted by molar-refractivity contribution is -0.384. The smallest absolute Gasteiger partial charge is 0.296 e. The van der Waals surface area contributed by atoms with Crippen molar-refractivity contribution in [2.75, 3.05) is 19.0 Å². The van der Waals surface area contributed by atoms with Crippen molar-refractivity contribution in [1.29, 1.82) is 0 Å². The minimum atomic E-state index is -0.796. The average Bonchev–Trinajstić information content (AvgIpc) is 2.79. The number of nitrogens with one attached hydrogen (secondary N) is 1. The highest BCUT2D eigenvalue weighted by Gasteiger charge is 2.34. The van der Waals surface area contributed by atoms with Gasteiger partial charge in [0.05, 0.1) is 30.8 Å². The zero-order chi connectivity index (χ0) is 14.7. The van der Waals surface area contributed by atoms with Gasteiger partial charge in [0.15, 0.2) is 0 Å². The van der Waals surface area contributed by atoms with Crippen LogP contribution in [0.1, 0.15) is 6.42 Å². The Bertz CT molecular complexity index is 495. The fourth-order valence-electron chi connectivity index (χ4n) is 2.07. The summed E-state index contributed by atoms with van der Waals surface area (Å²) in [5.74, 6) is 0.378.